The molecule has 0 saturated heterocycles. The number of amides is 1. The van der Waals surface area contributed by atoms with E-state index < -0.39 is 16.4 Å². The number of halogens is 1. The van der Waals surface area contributed by atoms with Crippen molar-refractivity contribution in [2.45, 2.75) is 12.8 Å². The molecule has 1 aliphatic rings. The van der Waals surface area contributed by atoms with Gasteiger partial charge in [0.1, 0.15) is 0 Å². The molecule has 1 heterocycles. The van der Waals surface area contributed by atoms with Crippen molar-refractivity contribution in [2.24, 2.45) is 0 Å². The molecule has 0 fully saturated rings. The molecule has 0 aliphatic carbocycles. The lowest BCUT2D eigenvalue weighted by Crippen LogP contribution is -2.39. The number of fused-ring (bicyclic) bond motifs is 1. The number of para-hydroxylation sites is 1. The first-order chi connectivity index (χ1) is 11.6. The van der Waals surface area contributed by atoms with Gasteiger partial charge in [0, 0.05) is 24.0 Å². The van der Waals surface area contributed by atoms with E-state index in [-0.39, 0.29) is 12.5 Å². The van der Waals surface area contributed by atoms with E-state index in [0.717, 1.165) is 36.2 Å². The number of hydrogen-bond donors (Lipinski definition) is 1. The van der Waals surface area contributed by atoms with Gasteiger partial charge in [0.25, 0.3) is 0 Å². The van der Waals surface area contributed by atoms with Crippen molar-refractivity contribution in [3.05, 3.63) is 64.0 Å². The van der Waals surface area contributed by atoms with Crippen LogP contribution in [0.3, 0.4) is 0 Å². The predicted octanol–water partition coefficient (Wildman–Crippen LogP) is 3.13. The van der Waals surface area contributed by atoms with Crippen LogP contribution in [0.25, 0.3) is 0 Å². The van der Waals surface area contributed by atoms with E-state index in [2.05, 4.69) is 5.32 Å². The largest absolute Gasteiger partial charge is 0.376 e. The van der Waals surface area contributed by atoms with Crippen molar-refractivity contribution in [1.29, 1.82) is 0 Å². The quantitative estimate of drug-likeness (QED) is 0.691. The Kier molecular flexibility index (Phi) is 4.41. The van der Waals surface area contributed by atoms with E-state index in [1.165, 1.54) is 6.07 Å². The van der Waals surface area contributed by atoms with Crippen molar-refractivity contribution in [2.75, 3.05) is 23.3 Å². The highest BCUT2D eigenvalue weighted by molar-refractivity contribution is 5.97. The number of carbonyl (C=O) groups is 1. The van der Waals surface area contributed by atoms with Crippen LogP contribution in [0.4, 0.5) is 21.5 Å². The summed E-state index contributed by atoms with van der Waals surface area (Å²) < 4.78 is 13.3. The molecule has 0 atom stereocenters. The summed E-state index contributed by atoms with van der Waals surface area (Å²) in [6.07, 6.45) is 1.84. The summed E-state index contributed by atoms with van der Waals surface area (Å²) in [5.41, 5.74) is 1.76. The van der Waals surface area contributed by atoms with E-state index in [4.69, 9.17) is 0 Å². The molecule has 124 valence electrons. The maximum atomic E-state index is 13.3. The van der Waals surface area contributed by atoms with Gasteiger partial charge in [0.15, 0.2) is 0 Å². The molecule has 0 spiro atoms. The maximum Gasteiger partial charge on any atom is 0.306 e. The highest BCUT2D eigenvalue weighted by Gasteiger charge is 2.22. The van der Waals surface area contributed by atoms with Crippen LogP contribution >= 0.6 is 0 Å². The van der Waals surface area contributed by atoms with Crippen molar-refractivity contribution in [3.8, 4) is 0 Å². The average molecular weight is 329 g/mol. The van der Waals surface area contributed by atoms with Crippen molar-refractivity contribution in [1.82, 2.24) is 0 Å². The van der Waals surface area contributed by atoms with Crippen molar-refractivity contribution >= 4 is 23.0 Å². The topological polar surface area (TPSA) is 75.5 Å². The fourth-order valence-electron chi connectivity index (χ4n) is 2.83. The molecule has 0 radical (unpaired) electrons. The number of nitrogens with zero attached hydrogens (tertiary/aromatic N) is 2. The molecule has 24 heavy (non-hydrogen) atoms. The molecule has 3 rings (SSSR count). The highest BCUT2D eigenvalue weighted by atomic mass is 19.1. The minimum atomic E-state index is -0.901. The first kappa shape index (κ1) is 15.9. The second-order valence-corrected chi connectivity index (χ2v) is 5.55. The van der Waals surface area contributed by atoms with Crippen LogP contribution in [0.5, 0.6) is 0 Å². The van der Waals surface area contributed by atoms with E-state index in [1.807, 2.05) is 24.3 Å². The Morgan fingerprint density at radius 3 is 2.88 bits per heavy atom. The van der Waals surface area contributed by atoms with Gasteiger partial charge in [0.2, 0.25) is 11.7 Å². The number of nitrogens with one attached hydrogen (secondary N) is 1. The van der Waals surface area contributed by atoms with Gasteiger partial charge in [-0.25, -0.2) is 0 Å². The minimum Gasteiger partial charge on any atom is -0.376 e. The zero-order valence-corrected chi connectivity index (χ0v) is 12.9. The number of aryl methyl sites for hydroxylation is 1. The third kappa shape index (κ3) is 3.19. The number of anilines is 2. The van der Waals surface area contributed by atoms with Crippen LogP contribution in [-0.4, -0.2) is 23.9 Å². The Labute approximate surface area is 138 Å². The van der Waals surface area contributed by atoms with Crippen LogP contribution in [-0.2, 0) is 11.2 Å². The summed E-state index contributed by atoms with van der Waals surface area (Å²) in [4.78, 5) is 24.2. The first-order valence-electron chi connectivity index (χ1n) is 7.62. The van der Waals surface area contributed by atoms with Gasteiger partial charge in [-0.3, -0.25) is 14.9 Å². The summed E-state index contributed by atoms with van der Waals surface area (Å²) in [6, 6.07) is 11.2. The molecule has 1 N–H and O–H groups in total. The number of nitro groups is 1. The van der Waals surface area contributed by atoms with Gasteiger partial charge in [-0.15, -0.1) is 0 Å². The van der Waals surface area contributed by atoms with Gasteiger partial charge in [-0.05, 0) is 36.6 Å². The van der Waals surface area contributed by atoms with Gasteiger partial charge in [0.05, 0.1) is 11.5 Å². The van der Waals surface area contributed by atoms with E-state index in [9.17, 15) is 19.3 Å². The Hall–Kier alpha value is -2.96. The number of hydrogen-bond acceptors (Lipinski definition) is 4. The average Bonchev–Trinajstić information content (AvgIpc) is 2.60. The molecule has 2 aromatic rings. The fourth-order valence-corrected chi connectivity index (χ4v) is 2.83. The second kappa shape index (κ2) is 6.66. The smallest absolute Gasteiger partial charge is 0.306 e. The zero-order valence-electron chi connectivity index (χ0n) is 12.9. The number of carbonyl (C=O) groups excluding carboxylic acids is 1. The van der Waals surface area contributed by atoms with E-state index in [1.54, 1.807) is 4.90 Å². The Balaban J connectivity index is 1.71. The summed E-state index contributed by atoms with van der Waals surface area (Å²) in [6.45, 7) is 0.623. The number of rotatable bonds is 4. The Morgan fingerprint density at radius 1 is 1.29 bits per heavy atom. The van der Waals surface area contributed by atoms with Crippen LogP contribution in [0.2, 0.25) is 0 Å². The molecule has 0 saturated carbocycles. The summed E-state index contributed by atoms with van der Waals surface area (Å²) in [5, 5.41) is 13.6. The van der Waals surface area contributed by atoms with Gasteiger partial charge >= 0.3 is 5.69 Å². The first-order valence-corrected chi connectivity index (χ1v) is 7.62. The van der Waals surface area contributed by atoms with Crippen LogP contribution in [0, 0.1) is 15.9 Å². The lowest BCUT2D eigenvalue weighted by atomic mass is 10.0. The van der Waals surface area contributed by atoms with Gasteiger partial charge < -0.3 is 10.2 Å². The molecule has 2 aromatic carbocycles. The fraction of sp³-hybridized carbons (Fsp3) is 0.235. The van der Waals surface area contributed by atoms with Gasteiger partial charge in [-0.2, -0.15) is 4.39 Å². The molecule has 0 bridgehead atoms. The molecule has 1 amide bonds. The van der Waals surface area contributed by atoms with Crippen molar-refractivity contribution < 1.29 is 14.1 Å². The van der Waals surface area contributed by atoms with Crippen LogP contribution in [0.1, 0.15) is 12.0 Å². The number of nitro benzene ring substituents is 1. The minimum absolute atomic E-state index is 0.0167. The third-order valence-corrected chi connectivity index (χ3v) is 4.00. The summed E-state index contributed by atoms with van der Waals surface area (Å²) >= 11 is 0. The SMILES string of the molecule is O=C(CNc1ccc(F)c([N+](=O)[O-])c1)N1CCCc2ccccc21. The number of benzene rings is 2. The van der Waals surface area contributed by atoms with Crippen molar-refractivity contribution in [3.63, 3.8) is 0 Å². The molecule has 0 unspecified atom stereocenters. The normalized spacial score (nSPS) is 13.3. The summed E-state index contributed by atoms with van der Waals surface area (Å²) in [7, 11) is 0. The molecule has 0 aromatic heterocycles. The third-order valence-electron chi connectivity index (χ3n) is 4.00. The lowest BCUT2D eigenvalue weighted by Gasteiger charge is -2.29. The Bertz CT molecular complexity index is 794. The standard InChI is InChI=1S/C17H16FN3O3/c18-14-8-7-13(10-16(14)21(23)24)19-11-17(22)20-9-3-5-12-4-1-2-6-15(12)20/h1-2,4,6-8,10,19H,3,5,9,11H2. The second-order valence-electron chi connectivity index (χ2n) is 5.55. The lowest BCUT2D eigenvalue weighted by molar-refractivity contribution is -0.387. The molecule has 1 aliphatic heterocycles. The monoisotopic (exact) mass is 329 g/mol. The highest BCUT2D eigenvalue weighted by Crippen LogP contribution is 2.27. The van der Waals surface area contributed by atoms with Gasteiger partial charge in [-0.1, -0.05) is 18.2 Å². The van der Waals surface area contributed by atoms with Crippen LogP contribution < -0.4 is 10.2 Å². The van der Waals surface area contributed by atoms with E-state index >= 15 is 0 Å². The summed E-state index contributed by atoms with van der Waals surface area (Å²) in [5.74, 6) is -1.03. The van der Waals surface area contributed by atoms with E-state index in [0.29, 0.717) is 12.2 Å². The predicted molar refractivity (Wildman–Crippen MR) is 88.7 cm³/mol. The molecule has 7 heteroatoms. The molecular formula is C17H16FN3O3. The van der Waals surface area contributed by atoms with Crippen LogP contribution in [0.15, 0.2) is 42.5 Å². The zero-order chi connectivity index (χ0) is 17.1. The maximum absolute atomic E-state index is 13.3. The molecule has 6 nitrogen and oxygen atoms in total. The Morgan fingerprint density at radius 2 is 2.08 bits per heavy atom. The molecular weight excluding hydrogens is 313 g/mol.